The van der Waals surface area contributed by atoms with Crippen molar-refractivity contribution in [1.29, 1.82) is 5.26 Å². The van der Waals surface area contributed by atoms with E-state index in [0.29, 0.717) is 15.3 Å². The second-order valence-corrected chi connectivity index (χ2v) is 12.2. The van der Waals surface area contributed by atoms with E-state index in [-0.39, 0.29) is 37.1 Å². The number of hydrogen-bond acceptors (Lipinski definition) is 5. The Balaban J connectivity index is 1.83. The molecule has 0 radical (unpaired) electrons. The Morgan fingerprint density at radius 3 is 2.13 bits per heavy atom. The molecule has 1 fully saturated rings. The first-order chi connectivity index (χ1) is 17.9. The largest absolute Gasteiger partial charge is 0.444 e. The van der Waals surface area contributed by atoms with E-state index in [1.807, 2.05) is 0 Å². The molecular weight excluding hydrogens is 616 g/mol. The number of aromatic nitrogens is 2. The number of carbonyl (C=O) groups is 2. The molecule has 0 atom stereocenters. The minimum absolute atomic E-state index is 0.0542. The standard InChI is InChI=1S/C22H15Cl3F5N5O3S/c23-12-3-1-11(2-4-12)10-38-21(37)33-19-17(22(5-6-22)20(32)36)16(9-31)34-35(19)18-14(24)7-13(8-15(18)25)39(26,27,28,29)30/h1-4,7-8H,5-6,10H2,(H2,32,36)(H,33,37). The van der Waals surface area contributed by atoms with Crippen LogP contribution in [0.1, 0.15) is 29.7 Å². The number of nitrogens with zero attached hydrogens (tertiary/aromatic N) is 3. The molecule has 2 aromatic carbocycles. The molecule has 0 bridgehead atoms. The van der Waals surface area contributed by atoms with Gasteiger partial charge in [0.05, 0.1) is 15.5 Å². The lowest BCUT2D eigenvalue weighted by atomic mass is 9.94. The van der Waals surface area contributed by atoms with Gasteiger partial charge < -0.3 is 10.5 Å². The van der Waals surface area contributed by atoms with Gasteiger partial charge in [-0.3, -0.25) is 10.1 Å². The molecular formula is C22H15Cl3F5N5O3S. The van der Waals surface area contributed by atoms with Crippen LogP contribution in [0.5, 0.6) is 0 Å². The lowest BCUT2D eigenvalue weighted by molar-refractivity contribution is -0.120. The molecule has 1 aromatic heterocycles. The van der Waals surface area contributed by atoms with Crippen molar-refractivity contribution in [3.8, 4) is 11.8 Å². The quantitative estimate of drug-likeness (QED) is 0.260. The van der Waals surface area contributed by atoms with Gasteiger partial charge in [-0.25, -0.2) is 9.48 Å². The molecule has 39 heavy (non-hydrogen) atoms. The van der Waals surface area contributed by atoms with E-state index in [4.69, 9.17) is 45.3 Å². The van der Waals surface area contributed by atoms with Gasteiger partial charge >= 0.3 is 16.3 Å². The van der Waals surface area contributed by atoms with E-state index in [1.165, 1.54) is 0 Å². The average Bonchev–Trinajstić information content (AvgIpc) is 3.54. The highest BCUT2D eigenvalue weighted by molar-refractivity contribution is 8.45. The van der Waals surface area contributed by atoms with E-state index >= 15 is 0 Å². The summed E-state index contributed by atoms with van der Waals surface area (Å²) in [5, 5.41) is 14.5. The zero-order valence-corrected chi connectivity index (χ0v) is 22.2. The fraction of sp³-hybridized carbons (Fsp3) is 0.182. The number of nitrogens with two attached hydrogens (primary N) is 1. The van der Waals surface area contributed by atoms with Gasteiger partial charge in [0.1, 0.15) is 29.1 Å². The van der Waals surface area contributed by atoms with Crippen LogP contribution in [0.3, 0.4) is 0 Å². The van der Waals surface area contributed by atoms with Crippen LogP contribution in [0, 0.1) is 11.3 Å². The normalized spacial score (nSPS) is 16.0. The molecule has 1 saturated carbocycles. The Morgan fingerprint density at radius 2 is 1.67 bits per heavy atom. The van der Waals surface area contributed by atoms with Gasteiger partial charge in [0.25, 0.3) is 0 Å². The molecule has 0 saturated heterocycles. The number of nitriles is 1. The van der Waals surface area contributed by atoms with Crippen molar-refractivity contribution < 1.29 is 33.8 Å². The zero-order valence-electron chi connectivity index (χ0n) is 19.2. The predicted molar refractivity (Wildman–Crippen MR) is 135 cm³/mol. The molecule has 1 aliphatic rings. The summed E-state index contributed by atoms with van der Waals surface area (Å²) in [6.45, 7) is -0.251. The number of carbonyl (C=O) groups excluding carboxylic acids is 2. The molecule has 17 heteroatoms. The number of amides is 2. The van der Waals surface area contributed by atoms with Crippen LogP contribution in [0.2, 0.25) is 15.1 Å². The molecule has 3 N–H and O–H groups in total. The molecule has 0 spiro atoms. The van der Waals surface area contributed by atoms with Crippen LogP contribution in [0.15, 0.2) is 41.3 Å². The molecule has 1 heterocycles. The first-order valence-electron chi connectivity index (χ1n) is 10.6. The zero-order chi connectivity index (χ0) is 29.0. The summed E-state index contributed by atoms with van der Waals surface area (Å²) in [5.41, 5.74) is 3.44. The maximum absolute atomic E-state index is 13.4. The fourth-order valence-electron chi connectivity index (χ4n) is 3.80. The smallest absolute Gasteiger partial charge is 0.413 e. The number of benzene rings is 2. The van der Waals surface area contributed by atoms with E-state index in [0.717, 1.165) is 0 Å². The van der Waals surface area contributed by atoms with Crippen LogP contribution in [0.25, 0.3) is 5.69 Å². The number of rotatable bonds is 7. The van der Waals surface area contributed by atoms with E-state index in [1.54, 1.807) is 30.3 Å². The highest BCUT2D eigenvalue weighted by atomic mass is 35.5. The fourth-order valence-corrected chi connectivity index (χ4v) is 5.38. The lowest BCUT2D eigenvalue weighted by Crippen LogP contribution is -2.30. The number of nitrogens with one attached hydrogen (secondary N) is 1. The highest BCUT2D eigenvalue weighted by Gasteiger charge is 2.65. The third-order valence-corrected chi connectivity index (χ3v) is 7.80. The maximum atomic E-state index is 13.4. The maximum Gasteiger partial charge on any atom is 0.413 e. The van der Waals surface area contributed by atoms with Crippen molar-refractivity contribution in [1.82, 2.24) is 9.78 Å². The summed E-state index contributed by atoms with van der Waals surface area (Å²) in [6.07, 6.45) is -0.822. The topological polar surface area (TPSA) is 123 Å². The number of hydrogen-bond donors (Lipinski definition) is 2. The van der Waals surface area contributed by atoms with Crippen molar-refractivity contribution in [2.24, 2.45) is 5.73 Å². The van der Waals surface area contributed by atoms with Gasteiger partial charge in [-0.15, -0.1) is 0 Å². The van der Waals surface area contributed by atoms with Crippen molar-refractivity contribution >= 4 is 62.8 Å². The first kappa shape index (κ1) is 28.8. The van der Waals surface area contributed by atoms with E-state index in [9.17, 15) is 34.3 Å². The Kier molecular flexibility index (Phi) is 6.55. The Bertz CT molecular complexity index is 1550. The summed E-state index contributed by atoms with van der Waals surface area (Å²) in [7, 11) is -10.2. The monoisotopic (exact) mass is 629 g/mol. The van der Waals surface area contributed by atoms with Crippen LogP contribution < -0.4 is 11.1 Å². The molecule has 4 rings (SSSR count). The second kappa shape index (κ2) is 8.88. The van der Waals surface area contributed by atoms with Crippen LogP contribution in [0.4, 0.5) is 30.0 Å². The SMILES string of the molecule is N#Cc1nn(-c2c(Cl)cc(S(F)(F)(F)(F)F)cc2Cl)c(NC(=O)OCc2ccc(Cl)cc2)c1C1(C(N)=O)CC1. The number of ether oxygens (including phenoxy) is 1. The van der Waals surface area contributed by atoms with Crippen LogP contribution in [-0.2, 0) is 21.6 Å². The third-order valence-electron chi connectivity index (χ3n) is 5.84. The van der Waals surface area contributed by atoms with Crippen LogP contribution in [-0.4, -0.2) is 21.8 Å². The van der Waals surface area contributed by atoms with E-state index in [2.05, 4.69) is 10.4 Å². The van der Waals surface area contributed by atoms with Crippen molar-refractivity contribution in [3.05, 3.63) is 68.3 Å². The van der Waals surface area contributed by atoms with Gasteiger partial charge in [-0.1, -0.05) is 66.4 Å². The molecule has 0 aliphatic heterocycles. The van der Waals surface area contributed by atoms with E-state index < -0.39 is 59.8 Å². The molecule has 8 nitrogen and oxygen atoms in total. The number of halogens is 8. The Morgan fingerprint density at radius 1 is 1.10 bits per heavy atom. The Labute approximate surface area is 232 Å². The minimum atomic E-state index is -10.2. The lowest BCUT2D eigenvalue weighted by Gasteiger charge is -2.40. The average molecular weight is 631 g/mol. The first-order valence-corrected chi connectivity index (χ1v) is 13.7. The third kappa shape index (κ3) is 5.72. The molecule has 3 aromatic rings. The number of primary amides is 1. The van der Waals surface area contributed by atoms with Crippen LogP contribution >= 0.6 is 45.0 Å². The van der Waals surface area contributed by atoms with Crippen molar-refractivity contribution in [2.75, 3.05) is 5.32 Å². The summed E-state index contributed by atoms with van der Waals surface area (Å²) in [6, 6.07) is 7.87. The summed E-state index contributed by atoms with van der Waals surface area (Å²) in [4.78, 5) is 22.7. The highest BCUT2D eigenvalue weighted by Crippen LogP contribution is 3.02. The second-order valence-electron chi connectivity index (χ2n) is 8.57. The molecule has 208 valence electrons. The molecule has 0 unspecified atom stereocenters. The number of anilines is 1. The van der Waals surface area contributed by atoms with Crippen molar-refractivity contribution in [3.63, 3.8) is 0 Å². The predicted octanol–water partition coefficient (Wildman–Crippen LogP) is 7.63. The van der Waals surface area contributed by atoms with Gasteiger partial charge in [0.2, 0.25) is 5.91 Å². The molecule has 2 amide bonds. The Hall–Kier alpha value is -3.25. The molecule has 1 aliphatic carbocycles. The van der Waals surface area contributed by atoms with Crippen molar-refractivity contribution in [2.45, 2.75) is 29.8 Å². The summed E-state index contributed by atoms with van der Waals surface area (Å²) >= 11 is 17.8. The van der Waals surface area contributed by atoms with Gasteiger partial charge in [-0.05, 0) is 42.7 Å². The minimum Gasteiger partial charge on any atom is -0.444 e. The van der Waals surface area contributed by atoms with Gasteiger partial charge in [-0.2, -0.15) is 10.4 Å². The summed E-state index contributed by atoms with van der Waals surface area (Å²) in [5.74, 6) is -1.29. The van der Waals surface area contributed by atoms with Gasteiger partial charge in [0.15, 0.2) is 5.69 Å². The van der Waals surface area contributed by atoms with Gasteiger partial charge in [0, 0.05) is 10.6 Å². The summed E-state index contributed by atoms with van der Waals surface area (Å²) < 4.78 is 72.8.